The zero-order valence-electron chi connectivity index (χ0n) is 13.2. The van der Waals surface area contributed by atoms with Crippen molar-refractivity contribution in [2.45, 2.75) is 44.3 Å². The van der Waals surface area contributed by atoms with Gasteiger partial charge in [-0.2, -0.15) is 0 Å². The summed E-state index contributed by atoms with van der Waals surface area (Å²) in [5, 5.41) is 6.65. The number of aryl methyl sites for hydroxylation is 1. The van der Waals surface area contributed by atoms with Gasteiger partial charge in [0.15, 0.2) is 0 Å². The number of hydrogen-bond acceptors (Lipinski definition) is 2. The van der Waals surface area contributed by atoms with Gasteiger partial charge in [0.2, 0.25) is 5.91 Å². The van der Waals surface area contributed by atoms with Crippen LogP contribution in [0.4, 0.5) is 0 Å². The van der Waals surface area contributed by atoms with Gasteiger partial charge in [-0.25, -0.2) is 0 Å². The van der Waals surface area contributed by atoms with Gasteiger partial charge in [0.1, 0.15) is 0 Å². The van der Waals surface area contributed by atoms with Crippen LogP contribution in [-0.4, -0.2) is 11.9 Å². The molecule has 0 bridgehead atoms. The second-order valence-electron chi connectivity index (χ2n) is 6.56. The van der Waals surface area contributed by atoms with E-state index in [4.69, 9.17) is 0 Å². The summed E-state index contributed by atoms with van der Waals surface area (Å²) in [4.78, 5) is 12.7. The number of rotatable bonds is 2. The van der Waals surface area contributed by atoms with E-state index in [1.165, 1.54) is 22.3 Å². The predicted octanol–water partition coefficient (Wildman–Crippen LogP) is 2.89. The van der Waals surface area contributed by atoms with E-state index in [1.54, 1.807) is 0 Å². The van der Waals surface area contributed by atoms with Crippen molar-refractivity contribution in [3.05, 3.63) is 70.8 Å². The molecule has 23 heavy (non-hydrogen) atoms. The summed E-state index contributed by atoms with van der Waals surface area (Å²) in [6.07, 6.45) is 4.07. The van der Waals surface area contributed by atoms with Crippen molar-refractivity contribution in [2.24, 2.45) is 0 Å². The summed E-state index contributed by atoms with van der Waals surface area (Å²) in [6, 6.07) is 16.9. The molecule has 0 radical (unpaired) electrons. The molecule has 3 heteroatoms. The molecule has 2 atom stereocenters. The number of carbonyl (C=O) groups is 1. The fraction of sp³-hybridized carbons (Fsp3) is 0.350. The van der Waals surface area contributed by atoms with Crippen LogP contribution in [0.1, 0.15) is 41.1 Å². The van der Waals surface area contributed by atoms with Gasteiger partial charge in [-0.15, -0.1) is 0 Å². The number of nitrogens with one attached hydrogen (secondary N) is 2. The van der Waals surface area contributed by atoms with Gasteiger partial charge in [0, 0.05) is 6.54 Å². The highest BCUT2D eigenvalue weighted by Crippen LogP contribution is 2.29. The fourth-order valence-corrected chi connectivity index (χ4v) is 3.82. The topological polar surface area (TPSA) is 41.1 Å². The lowest BCUT2D eigenvalue weighted by molar-refractivity contribution is -0.124. The molecular formula is C20H22N2O. The molecule has 1 amide bonds. The van der Waals surface area contributed by atoms with Crippen molar-refractivity contribution in [1.82, 2.24) is 10.6 Å². The number of hydrogen-bond donors (Lipinski definition) is 2. The van der Waals surface area contributed by atoms with Crippen molar-refractivity contribution >= 4 is 5.91 Å². The predicted molar refractivity (Wildman–Crippen MR) is 91.0 cm³/mol. The molecule has 0 fully saturated rings. The molecule has 1 aliphatic carbocycles. The molecule has 1 heterocycles. The van der Waals surface area contributed by atoms with Gasteiger partial charge in [-0.1, -0.05) is 48.5 Å². The van der Waals surface area contributed by atoms with Crippen molar-refractivity contribution in [2.75, 3.05) is 0 Å². The third-order valence-corrected chi connectivity index (χ3v) is 5.08. The number of carbonyl (C=O) groups excluding carboxylic acids is 1. The Morgan fingerprint density at radius 2 is 1.74 bits per heavy atom. The van der Waals surface area contributed by atoms with Crippen molar-refractivity contribution in [3.63, 3.8) is 0 Å². The summed E-state index contributed by atoms with van der Waals surface area (Å²) >= 11 is 0. The second-order valence-corrected chi connectivity index (χ2v) is 6.56. The molecule has 0 aromatic heterocycles. The quantitative estimate of drug-likeness (QED) is 0.896. The summed E-state index contributed by atoms with van der Waals surface area (Å²) in [7, 11) is 0. The van der Waals surface area contributed by atoms with E-state index in [0.29, 0.717) is 0 Å². The first-order valence-electron chi connectivity index (χ1n) is 8.49. The van der Waals surface area contributed by atoms with Crippen LogP contribution >= 0.6 is 0 Å². The molecule has 2 aromatic carbocycles. The minimum atomic E-state index is -0.126. The van der Waals surface area contributed by atoms with E-state index < -0.39 is 0 Å². The number of benzene rings is 2. The summed E-state index contributed by atoms with van der Waals surface area (Å²) in [5.41, 5.74) is 5.27. The van der Waals surface area contributed by atoms with E-state index in [0.717, 1.165) is 32.2 Å². The van der Waals surface area contributed by atoms with Crippen molar-refractivity contribution < 1.29 is 4.79 Å². The molecule has 0 saturated heterocycles. The van der Waals surface area contributed by atoms with Gasteiger partial charge in [0.05, 0.1) is 12.1 Å². The molecule has 2 N–H and O–H groups in total. The molecular weight excluding hydrogens is 284 g/mol. The highest BCUT2D eigenvalue weighted by molar-refractivity contribution is 5.83. The molecule has 2 aromatic rings. The van der Waals surface area contributed by atoms with Crippen LogP contribution in [0.5, 0.6) is 0 Å². The minimum Gasteiger partial charge on any atom is -0.348 e. The molecule has 3 nitrogen and oxygen atoms in total. The first-order chi connectivity index (χ1) is 11.3. The van der Waals surface area contributed by atoms with Gasteiger partial charge in [-0.3, -0.25) is 4.79 Å². The molecule has 1 unspecified atom stereocenters. The van der Waals surface area contributed by atoms with Crippen molar-refractivity contribution in [3.8, 4) is 0 Å². The van der Waals surface area contributed by atoms with Crippen molar-refractivity contribution in [1.29, 1.82) is 0 Å². The van der Waals surface area contributed by atoms with E-state index >= 15 is 0 Å². The average Bonchev–Trinajstić information content (AvgIpc) is 2.61. The van der Waals surface area contributed by atoms with E-state index in [2.05, 4.69) is 59.2 Å². The fourth-order valence-electron chi connectivity index (χ4n) is 3.82. The Morgan fingerprint density at radius 3 is 2.61 bits per heavy atom. The Morgan fingerprint density at radius 1 is 1.00 bits per heavy atom. The van der Waals surface area contributed by atoms with Crippen LogP contribution in [0, 0.1) is 0 Å². The Labute approximate surface area is 137 Å². The summed E-state index contributed by atoms with van der Waals surface area (Å²) < 4.78 is 0. The van der Waals surface area contributed by atoms with Crippen LogP contribution < -0.4 is 10.6 Å². The van der Waals surface area contributed by atoms with Crippen LogP contribution in [0.3, 0.4) is 0 Å². The summed E-state index contributed by atoms with van der Waals surface area (Å²) in [6.45, 7) is 0.773. The zero-order valence-corrected chi connectivity index (χ0v) is 13.2. The summed E-state index contributed by atoms with van der Waals surface area (Å²) in [5.74, 6) is 0.126. The van der Waals surface area contributed by atoms with E-state index in [9.17, 15) is 4.79 Å². The zero-order chi connectivity index (χ0) is 15.6. The van der Waals surface area contributed by atoms with Gasteiger partial charge < -0.3 is 10.6 Å². The Bertz CT molecular complexity index is 725. The van der Waals surface area contributed by atoms with E-state index in [-0.39, 0.29) is 18.0 Å². The maximum Gasteiger partial charge on any atom is 0.237 e. The average molecular weight is 306 g/mol. The third-order valence-electron chi connectivity index (χ3n) is 5.08. The number of fused-ring (bicyclic) bond motifs is 2. The lowest BCUT2D eigenvalue weighted by atomic mass is 9.87. The Balaban J connectivity index is 1.47. The SMILES string of the molecule is O=C(NC1CCCc2ccccc21)[C@@H]1Cc2ccccc2CN1. The Kier molecular flexibility index (Phi) is 3.88. The van der Waals surface area contributed by atoms with E-state index in [1.807, 2.05) is 0 Å². The lowest BCUT2D eigenvalue weighted by Crippen LogP contribution is -2.48. The standard InChI is InChI=1S/C20H22N2O/c23-20(19-12-15-7-1-2-8-16(15)13-21-19)22-18-11-5-9-14-6-3-4-10-17(14)18/h1-4,6-8,10,18-19,21H,5,9,11-13H2,(H,22,23)/t18?,19-/m0/s1. The monoisotopic (exact) mass is 306 g/mol. The third kappa shape index (κ3) is 2.89. The first kappa shape index (κ1) is 14.5. The molecule has 118 valence electrons. The minimum absolute atomic E-state index is 0.126. The van der Waals surface area contributed by atoms with Crippen LogP contribution in [-0.2, 0) is 24.2 Å². The van der Waals surface area contributed by atoms with Gasteiger partial charge in [0.25, 0.3) is 0 Å². The van der Waals surface area contributed by atoms with Gasteiger partial charge >= 0.3 is 0 Å². The second kappa shape index (κ2) is 6.17. The van der Waals surface area contributed by atoms with Crippen LogP contribution in [0.2, 0.25) is 0 Å². The smallest absolute Gasteiger partial charge is 0.237 e. The molecule has 1 aliphatic heterocycles. The number of amides is 1. The molecule has 2 aliphatic rings. The molecule has 0 spiro atoms. The Hall–Kier alpha value is -2.13. The lowest BCUT2D eigenvalue weighted by Gasteiger charge is -2.30. The maximum atomic E-state index is 12.7. The van der Waals surface area contributed by atoms with Crippen LogP contribution in [0.25, 0.3) is 0 Å². The first-order valence-corrected chi connectivity index (χ1v) is 8.49. The molecule has 4 rings (SSSR count). The largest absolute Gasteiger partial charge is 0.348 e. The molecule has 0 saturated carbocycles. The highest BCUT2D eigenvalue weighted by Gasteiger charge is 2.27. The van der Waals surface area contributed by atoms with Crippen LogP contribution in [0.15, 0.2) is 48.5 Å². The van der Waals surface area contributed by atoms with Gasteiger partial charge in [-0.05, 0) is 47.9 Å². The normalized spacial score (nSPS) is 22.8. The maximum absolute atomic E-state index is 12.7. The highest BCUT2D eigenvalue weighted by atomic mass is 16.2.